The van der Waals surface area contributed by atoms with Crippen LogP contribution in [0.1, 0.15) is 22.5 Å². The first-order chi connectivity index (χ1) is 12.2. The van der Waals surface area contributed by atoms with Crippen molar-refractivity contribution in [2.24, 2.45) is 0 Å². The van der Waals surface area contributed by atoms with Gasteiger partial charge >= 0.3 is 5.97 Å². The third-order valence-corrected chi connectivity index (χ3v) is 6.05. The zero-order valence-corrected chi connectivity index (χ0v) is 15.3. The summed E-state index contributed by atoms with van der Waals surface area (Å²) in [7, 11) is -1.21. The fourth-order valence-electron chi connectivity index (χ4n) is 2.90. The monoisotopic (exact) mass is 376 g/mol. The number of carboxylic acid groups (broad SMARTS) is 1. The van der Waals surface area contributed by atoms with Crippen molar-refractivity contribution in [1.29, 1.82) is 0 Å². The number of aromatic nitrogens is 2. The second kappa shape index (κ2) is 6.91. The third-order valence-electron chi connectivity index (χ3n) is 4.30. The minimum atomic E-state index is -3.00. The van der Waals surface area contributed by atoms with Crippen molar-refractivity contribution in [3.8, 4) is 0 Å². The molecule has 0 bridgehead atoms. The summed E-state index contributed by atoms with van der Waals surface area (Å²) in [5, 5.41) is 12.2. The Balaban J connectivity index is 1.84. The van der Waals surface area contributed by atoms with E-state index in [0.29, 0.717) is 23.9 Å². The molecule has 0 amide bonds. The molecule has 1 aliphatic rings. The summed E-state index contributed by atoms with van der Waals surface area (Å²) in [6.07, 6.45) is 0.555. The molecule has 0 saturated carbocycles. The molecule has 3 rings (SSSR count). The fraction of sp³-hybridized carbons (Fsp3) is 0.353. The maximum atomic E-state index is 11.7. The van der Waals surface area contributed by atoms with Crippen LogP contribution in [-0.2, 0) is 9.84 Å². The first-order valence-electron chi connectivity index (χ1n) is 8.13. The van der Waals surface area contributed by atoms with Crippen molar-refractivity contribution in [2.75, 3.05) is 28.8 Å². The standard InChI is InChI=1S/C17H20N4O4S/c1-11-8-15(19-13-5-3-4-12(9-13)16(22)23)20-17(18-11)21(2)14-6-7-26(24,25)10-14/h3-5,8-9,14H,6-7,10H2,1-2H3,(H,22,23)(H,18,19,20). The lowest BCUT2D eigenvalue weighted by Gasteiger charge is -2.24. The lowest BCUT2D eigenvalue weighted by molar-refractivity contribution is 0.0697. The van der Waals surface area contributed by atoms with E-state index >= 15 is 0 Å². The highest BCUT2D eigenvalue weighted by molar-refractivity contribution is 7.91. The molecule has 2 N–H and O–H groups in total. The summed E-state index contributed by atoms with van der Waals surface area (Å²) in [6, 6.07) is 8.03. The van der Waals surface area contributed by atoms with Gasteiger partial charge in [-0.15, -0.1) is 0 Å². The van der Waals surface area contributed by atoms with Crippen LogP contribution >= 0.6 is 0 Å². The number of rotatable bonds is 5. The van der Waals surface area contributed by atoms with Crippen molar-refractivity contribution in [2.45, 2.75) is 19.4 Å². The van der Waals surface area contributed by atoms with Crippen molar-refractivity contribution >= 4 is 33.3 Å². The van der Waals surface area contributed by atoms with Gasteiger partial charge in [0, 0.05) is 30.5 Å². The van der Waals surface area contributed by atoms with E-state index in [2.05, 4.69) is 15.3 Å². The van der Waals surface area contributed by atoms with Crippen LogP contribution in [-0.4, -0.2) is 54.1 Å². The largest absolute Gasteiger partial charge is 0.478 e. The van der Waals surface area contributed by atoms with E-state index in [1.165, 1.54) is 12.1 Å². The van der Waals surface area contributed by atoms with E-state index < -0.39 is 15.8 Å². The van der Waals surface area contributed by atoms with Gasteiger partial charge in [-0.05, 0) is 31.5 Å². The van der Waals surface area contributed by atoms with E-state index in [1.807, 2.05) is 6.92 Å². The number of aryl methyl sites for hydroxylation is 1. The third kappa shape index (κ3) is 4.10. The van der Waals surface area contributed by atoms with Crippen molar-refractivity contribution in [3.63, 3.8) is 0 Å². The molecule has 1 aliphatic heterocycles. The van der Waals surface area contributed by atoms with Crippen LogP contribution in [0.25, 0.3) is 0 Å². The van der Waals surface area contributed by atoms with Crippen molar-refractivity contribution in [3.05, 3.63) is 41.6 Å². The van der Waals surface area contributed by atoms with Gasteiger partial charge in [0.1, 0.15) is 5.82 Å². The van der Waals surface area contributed by atoms with Gasteiger partial charge < -0.3 is 15.3 Å². The van der Waals surface area contributed by atoms with Crippen LogP contribution in [0.4, 0.5) is 17.5 Å². The molecule has 1 saturated heterocycles. The topological polar surface area (TPSA) is 112 Å². The summed E-state index contributed by atoms with van der Waals surface area (Å²) in [4.78, 5) is 21.7. The number of hydrogen-bond acceptors (Lipinski definition) is 7. The smallest absolute Gasteiger partial charge is 0.335 e. The highest BCUT2D eigenvalue weighted by Gasteiger charge is 2.31. The molecule has 0 radical (unpaired) electrons. The van der Waals surface area contributed by atoms with Crippen LogP contribution in [0, 0.1) is 6.92 Å². The molecule has 1 aromatic heterocycles. The molecule has 2 heterocycles. The quantitative estimate of drug-likeness (QED) is 0.813. The molecule has 8 nitrogen and oxygen atoms in total. The van der Waals surface area contributed by atoms with Gasteiger partial charge in [-0.3, -0.25) is 0 Å². The molecule has 1 fully saturated rings. The molecule has 0 aliphatic carbocycles. The van der Waals surface area contributed by atoms with Gasteiger partial charge in [-0.25, -0.2) is 18.2 Å². The van der Waals surface area contributed by atoms with Gasteiger partial charge in [0.15, 0.2) is 9.84 Å². The Kier molecular flexibility index (Phi) is 4.82. The zero-order chi connectivity index (χ0) is 18.9. The molecule has 26 heavy (non-hydrogen) atoms. The average molecular weight is 376 g/mol. The number of carboxylic acids is 1. The highest BCUT2D eigenvalue weighted by Crippen LogP contribution is 2.23. The number of sulfone groups is 1. The number of anilines is 3. The summed E-state index contributed by atoms with van der Waals surface area (Å²) < 4.78 is 23.4. The maximum absolute atomic E-state index is 11.7. The number of hydrogen-bond donors (Lipinski definition) is 2. The van der Waals surface area contributed by atoms with Crippen LogP contribution < -0.4 is 10.2 Å². The van der Waals surface area contributed by atoms with Crippen LogP contribution in [0.15, 0.2) is 30.3 Å². The maximum Gasteiger partial charge on any atom is 0.335 e. The number of carbonyl (C=O) groups is 1. The SMILES string of the molecule is Cc1cc(Nc2cccc(C(=O)O)c2)nc(N(C)C2CCS(=O)(=O)C2)n1. The summed E-state index contributed by atoms with van der Waals surface area (Å²) in [5.41, 5.74) is 1.49. The minimum Gasteiger partial charge on any atom is -0.478 e. The highest BCUT2D eigenvalue weighted by atomic mass is 32.2. The molecule has 9 heteroatoms. The lowest BCUT2D eigenvalue weighted by Crippen LogP contribution is -2.34. The van der Waals surface area contributed by atoms with Gasteiger partial charge in [0.05, 0.1) is 17.1 Å². The number of nitrogens with zero attached hydrogens (tertiary/aromatic N) is 3. The van der Waals surface area contributed by atoms with Crippen molar-refractivity contribution < 1.29 is 18.3 Å². The molecule has 1 unspecified atom stereocenters. The normalized spacial score (nSPS) is 18.5. The molecule has 2 aromatic rings. The van der Waals surface area contributed by atoms with E-state index in [9.17, 15) is 13.2 Å². The Labute approximate surface area is 151 Å². The first kappa shape index (κ1) is 18.1. The molecule has 0 spiro atoms. The van der Waals surface area contributed by atoms with Crippen LogP contribution in [0.5, 0.6) is 0 Å². The molecular weight excluding hydrogens is 356 g/mol. The molecule has 1 atom stereocenters. The number of nitrogens with one attached hydrogen (secondary N) is 1. The number of benzene rings is 1. The van der Waals surface area contributed by atoms with Gasteiger partial charge in [-0.2, -0.15) is 4.98 Å². The molecule has 138 valence electrons. The predicted octanol–water partition coefficient (Wildman–Crippen LogP) is 1.85. The average Bonchev–Trinajstić information content (AvgIpc) is 2.94. The summed E-state index contributed by atoms with van der Waals surface area (Å²) >= 11 is 0. The second-order valence-electron chi connectivity index (χ2n) is 6.37. The Bertz CT molecular complexity index is 946. The van der Waals surface area contributed by atoms with E-state index in [-0.39, 0.29) is 23.1 Å². The Hall–Kier alpha value is -2.68. The van der Waals surface area contributed by atoms with Gasteiger partial charge in [0.25, 0.3) is 0 Å². The predicted molar refractivity (Wildman–Crippen MR) is 98.9 cm³/mol. The van der Waals surface area contributed by atoms with Crippen LogP contribution in [0.2, 0.25) is 0 Å². The van der Waals surface area contributed by atoms with Crippen molar-refractivity contribution in [1.82, 2.24) is 9.97 Å². The fourth-order valence-corrected chi connectivity index (χ4v) is 4.67. The van der Waals surface area contributed by atoms with Gasteiger partial charge in [0.2, 0.25) is 5.95 Å². The number of aromatic carboxylic acids is 1. The Morgan fingerprint density at radius 1 is 1.31 bits per heavy atom. The first-order valence-corrected chi connectivity index (χ1v) is 9.95. The Morgan fingerprint density at radius 3 is 2.73 bits per heavy atom. The van der Waals surface area contributed by atoms with Gasteiger partial charge in [-0.1, -0.05) is 6.07 Å². The molecule has 1 aromatic carbocycles. The molecular formula is C17H20N4O4S. The lowest BCUT2D eigenvalue weighted by atomic mass is 10.2. The van der Waals surface area contributed by atoms with Crippen LogP contribution in [0.3, 0.4) is 0 Å². The Morgan fingerprint density at radius 2 is 2.08 bits per heavy atom. The summed E-state index contributed by atoms with van der Waals surface area (Å²) in [6.45, 7) is 1.82. The zero-order valence-electron chi connectivity index (χ0n) is 14.5. The van der Waals surface area contributed by atoms with E-state index in [4.69, 9.17) is 5.11 Å². The second-order valence-corrected chi connectivity index (χ2v) is 8.60. The summed E-state index contributed by atoms with van der Waals surface area (Å²) in [5.74, 6) is 0.229. The van der Waals surface area contributed by atoms with E-state index in [0.717, 1.165) is 5.69 Å². The minimum absolute atomic E-state index is 0.101. The van der Waals surface area contributed by atoms with E-state index in [1.54, 1.807) is 30.1 Å².